The second kappa shape index (κ2) is 6.60. The van der Waals surface area contributed by atoms with Gasteiger partial charge in [-0.05, 0) is 18.9 Å². The van der Waals surface area contributed by atoms with E-state index in [0.717, 1.165) is 24.2 Å². The Hall–Kier alpha value is -1.69. The van der Waals surface area contributed by atoms with Crippen LogP contribution in [0.25, 0.3) is 0 Å². The molecule has 1 aliphatic heterocycles. The van der Waals surface area contributed by atoms with Gasteiger partial charge in [-0.15, -0.1) is 11.8 Å². The zero-order chi connectivity index (χ0) is 15.5. The van der Waals surface area contributed by atoms with Crippen LogP contribution in [0.1, 0.15) is 30.2 Å². The molecule has 0 aromatic heterocycles. The summed E-state index contributed by atoms with van der Waals surface area (Å²) in [6.45, 7) is 0.451. The number of carbonyl (C=O) groups excluding carboxylic acids is 2. The zero-order valence-electron chi connectivity index (χ0n) is 12.6. The summed E-state index contributed by atoms with van der Waals surface area (Å²) in [4.78, 5) is 25.8. The number of rotatable bonds is 6. The lowest BCUT2D eigenvalue weighted by molar-refractivity contribution is -0.129. The highest BCUT2D eigenvalue weighted by molar-refractivity contribution is 8.00. The van der Waals surface area contributed by atoms with Gasteiger partial charge in [-0.2, -0.15) is 0 Å². The van der Waals surface area contributed by atoms with Gasteiger partial charge in [0, 0.05) is 24.6 Å². The first-order valence-corrected chi connectivity index (χ1v) is 8.57. The molecule has 1 aromatic rings. The molecule has 2 amide bonds. The number of ether oxygens (including phenoxy) is 1. The minimum absolute atomic E-state index is 0.0333. The molecule has 0 spiro atoms. The molecule has 1 saturated carbocycles. The third-order valence-corrected chi connectivity index (χ3v) is 5.13. The Morgan fingerprint density at radius 1 is 1.41 bits per heavy atom. The zero-order valence-corrected chi connectivity index (χ0v) is 13.4. The van der Waals surface area contributed by atoms with Crippen molar-refractivity contribution in [2.75, 3.05) is 19.4 Å². The van der Waals surface area contributed by atoms with E-state index in [9.17, 15) is 9.59 Å². The van der Waals surface area contributed by atoms with E-state index in [1.165, 1.54) is 0 Å². The molecular formula is C16H20N2O3S. The summed E-state index contributed by atoms with van der Waals surface area (Å²) in [6, 6.07) is 8.10. The minimum atomic E-state index is -0.0719. The van der Waals surface area contributed by atoms with Gasteiger partial charge in [0.1, 0.15) is 11.1 Å². The fourth-order valence-corrected chi connectivity index (χ4v) is 3.82. The summed E-state index contributed by atoms with van der Waals surface area (Å²) in [6.07, 6.45) is 2.51. The predicted molar refractivity (Wildman–Crippen MR) is 85.7 cm³/mol. The van der Waals surface area contributed by atoms with Crippen molar-refractivity contribution >= 4 is 23.6 Å². The highest BCUT2D eigenvalue weighted by atomic mass is 32.2. The number of nitrogens with zero attached hydrogens (tertiary/aromatic N) is 1. The average molecular weight is 320 g/mol. The number of hydrogen-bond acceptors (Lipinski definition) is 4. The molecule has 1 atom stereocenters. The maximum Gasteiger partial charge on any atom is 0.233 e. The van der Waals surface area contributed by atoms with Crippen molar-refractivity contribution < 1.29 is 14.3 Å². The molecule has 5 nitrogen and oxygen atoms in total. The van der Waals surface area contributed by atoms with Crippen molar-refractivity contribution in [3.05, 3.63) is 29.8 Å². The Bertz CT molecular complexity index is 574. The van der Waals surface area contributed by atoms with Crippen molar-refractivity contribution in [1.82, 2.24) is 10.2 Å². The van der Waals surface area contributed by atoms with Crippen molar-refractivity contribution in [3.8, 4) is 5.75 Å². The summed E-state index contributed by atoms with van der Waals surface area (Å²) in [5, 5.41) is 2.89. The first kappa shape index (κ1) is 15.2. The van der Waals surface area contributed by atoms with Gasteiger partial charge in [0.05, 0.1) is 12.9 Å². The first-order chi connectivity index (χ1) is 10.7. The van der Waals surface area contributed by atoms with E-state index >= 15 is 0 Å². The largest absolute Gasteiger partial charge is 0.496 e. The maximum atomic E-state index is 12.1. The number of methoxy groups -OCH3 is 1. The lowest BCUT2D eigenvalue weighted by Gasteiger charge is -2.25. The number of para-hydroxylation sites is 1. The van der Waals surface area contributed by atoms with Crippen molar-refractivity contribution in [2.45, 2.75) is 30.7 Å². The molecule has 1 N–H and O–H groups in total. The van der Waals surface area contributed by atoms with E-state index in [-0.39, 0.29) is 17.2 Å². The van der Waals surface area contributed by atoms with Crippen LogP contribution in [0.15, 0.2) is 24.3 Å². The number of amides is 2. The van der Waals surface area contributed by atoms with E-state index in [2.05, 4.69) is 5.32 Å². The topological polar surface area (TPSA) is 58.6 Å². The number of carbonyl (C=O) groups is 2. The molecule has 0 radical (unpaired) electrons. The third kappa shape index (κ3) is 3.38. The van der Waals surface area contributed by atoms with Crippen LogP contribution < -0.4 is 10.1 Å². The molecule has 1 saturated heterocycles. The number of nitrogens with one attached hydrogen (secondary N) is 1. The molecule has 22 heavy (non-hydrogen) atoms. The van der Waals surface area contributed by atoms with Crippen LogP contribution in [0.2, 0.25) is 0 Å². The number of thioether (sulfide) groups is 1. The second-order valence-electron chi connectivity index (χ2n) is 5.58. The molecule has 1 heterocycles. The highest BCUT2D eigenvalue weighted by Crippen LogP contribution is 2.42. The fourth-order valence-electron chi connectivity index (χ4n) is 2.57. The molecule has 2 aliphatic rings. The quantitative estimate of drug-likeness (QED) is 0.870. The predicted octanol–water partition coefficient (Wildman–Crippen LogP) is 1.94. The maximum absolute atomic E-state index is 12.1. The Labute approximate surface area is 134 Å². The van der Waals surface area contributed by atoms with Gasteiger partial charge >= 0.3 is 0 Å². The molecule has 1 aromatic carbocycles. The van der Waals surface area contributed by atoms with E-state index in [4.69, 9.17) is 4.74 Å². The van der Waals surface area contributed by atoms with Crippen molar-refractivity contribution in [2.24, 2.45) is 0 Å². The van der Waals surface area contributed by atoms with Crippen LogP contribution in [0.3, 0.4) is 0 Å². The normalized spacial score (nSPS) is 21.0. The van der Waals surface area contributed by atoms with Crippen LogP contribution in [-0.4, -0.2) is 42.2 Å². The van der Waals surface area contributed by atoms with Crippen LogP contribution in [0.4, 0.5) is 0 Å². The van der Waals surface area contributed by atoms with Crippen molar-refractivity contribution in [1.29, 1.82) is 0 Å². The summed E-state index contributed by atoms with van der Waals surface area (Å²) < 4.78 is 5.40. The number of benzene rings is 1. The lowest BCUT2D eigenvalue weighted by Crippen LogP contribution is -2.34. The van der Waals surface area contributed by atoms with Gasteiger partial charge in [-0.1, -0.05) is 18.2 Å². The third-order valence-electron chi connectivity index (χ3n) is 3.90. The monoisotopic (exact) mass is 320 g/mol. The molecule has 3 rings (SSSR count). The van der Waals surface area contributed by atoms with Gasteiger partial charge in [-0.3, -0.25) is 9.59 Å². The molecule has 2 fully saturated rings. The summed E-state index contributed by atoms with van der Waals surface area (Å²) in [5.41, 5.74) is 0.989. The SMILES string of the molecule is COc1ccccc1C1SCC(=O)N1CCC(=O)NC1CC1. The van der Waals surface area contributed by atoms with Crippen LogP contribution in [0, 0.1) is 0 Å². The molecular weight excluding hydrogens is 300 g/mol. The van der Waals surface area contributed by atoms with Gasteiger partial charge in [0.25, 0.3) is 0 Å². The molecule has 6 heteroatoms. The summed E-state index contributed by atoms with van der Waals surface area (Å²) >= 11 is 1.58. The molecule has 1 unspecified atom stereocenters. The molecule has 1 aliphatic carbocycles. The van der Waals surface area contributed by atoms with Crippen LogP contribution in [-0.2, 0) is 9.59 Å². The minimum Gasteiger partial charge on any atom is -0.496 e. The van der Waals surface area contributed by atoms with Gasteiger partial charge in [0.15, 0.2) is 0 Å². The Morgan fingerprint density at radius 3 is 2.91 bits per heavy atom. The van der Waals surface area contributed by atoms with Crippen LogP contribution in [0.5, 0.6) is 5.75 Å². The molecule has 118 valence electrons. The summed E-state index contributed by atoms with van der Waals surface area (Å²) in [7, 11) is 1.63. The summed E-state index contributed by atoms with van der Waals surface area (Å²) in [5.74, 6) is 1.35. The first-order valence-electron chi connectivity index (χ1n) is 7.52. The van der Waals surface area contributed by atoms with Gasteiger partial charge in [-0.25, -0.2) is 0 Å². The fraction of sp³-hybridized carbons (Fsp3) is 0.500. The lowest BCUT2D eigenvalue weighted by atomic mass is 10.1. The van der Waals surface area contributed by atoms with Crippen molar-refractivity contribution in [3.63, 3.8) is 0 Å². The molecule has 0 bridgehead atoms. The smallest absolute Gasteiger partial charge is 0.233 e. The van der Waals surface area contributed by atoms with E-state index in [1.54, 1.807) is 23.8 Å². The Balaban J connectivity index is 1.67. The van der Waals surface area contributed by atoms with Gasteiger partial charge in [0.2, 0.25) is 11.8 Å². The van der Waals surface area contributed by atoms with E-state index in [1.807, 2.05) is 24.3 Å². The van der Waals surface area contributed by atoms with E-state index in [0.29, 0.717) is 24.8 Å². The van der Waals surface area contributed by atoms with Gasteiger partial charge < -0.3 is 15.0 Å². The standard InChI is InChI=1S/C16H20N2O3S/c1-21-13-5-3-2-4-12(13)16-18(15(20)10-22-16)9-8-14(19)17-11-6-7-11/h2-5,11,16H,6-10H2,1H3,(H,17,19). The van der Waals surface area contributed by atoms with E-state index < -0.39 is 0 Å². The Morgan fingerprint density at radius 2 is 2.18 bits per heavy atom. The average Bonchev–Trinajstić information content (AvgIpc) is 3.26. The number of hydrogen-bond donors (Lipinski definition) is 1. The second-order valence-corrected chi connectivity index (χ2v) is 6.65. The Kier molecular flexibility index (Phi) is 4.57. The van der Waals surface area contributed by atoms with Crippen LogP contribution >= 0.6 is 11.8 Å². The highest BCUT2D eigenvalue weighted by Gasteiger charge is 2.34.